The standard InChI is InChI=1S/C14H21NO5/c1-14(2,3)20-13(18)15(4)11(12(16)17)8-10-6-5-7-19-9-10/h8-9H,5-7H2,1-4H3,(H,16,17)/b11-8-. The molecule has 0 unspecified atom stereocenters. The first-order chi connectivity index (χ1) is 9.20. The Morgan fingerprint density at radius 3 is 2.55 bits per heavy atom. The van der Waals surface area contributed by atoms with Crippen LogP contribution in [0.4, 0.5) is 4.79 Å². The highest BCUT2D eigenvalue weighted by molar-refractivity contribution is 5.91. The van der Waals surface area contributed by atoms with E-state index in [1.54, 1.807) is 20.8 Å². The van der Waals surface area contributed by atoms with Gasteiger partial charge in [-0.15, -0.1) is 0 Å². The number of ether oxygens (including phenoxy) is 2. The van der Waals surface area contributed by atoms with E-state index in [0.29, 0.717) is 6.61 Å². The Hall–Kier alpha value is -1.98. The lowest BCUT2D eigenvalue weighted by molar-refractivity contribution is -0.134. The minimum absolute atomic E-state index is 0.143. The van der Waals surface area contributed by atoms with Crippen LogP contribution in [-0.2, 0) is 14.3 Å². The molecule has 1 rings (SSSR count). The van der Waals surface area contributed by atoms with E-state index in [4.69, 9.17) is 9.47 Å². The van der Waals surface area contributed by atoms with Gasteiger partial charge in [0.15, 0.2) is 0 Å². The number of carboxylic acid groups (broad SMARTS) is 1. The van der Waals surface area contributed by atoms with Gasteiger partial charge in [0.1, 0.15) is 11.3 Å². The Balaban J connectivity index is 2.90. The quantitative estimate of drug-likeness (QED) is 0.805. The number of hydrogen-bond donors (Lipinski definition) is 1. The van der Waals surface area contributed by atoms with Crippen LogP contribution < -0.4 is 0 Å². The maximum Gasteiger partial charge on any atom is 0.414 e. The number of carbonyl (C=O) groups is 2. The van der Waals surface area contributed by atoms with Crippen molar-refractivity contribution in [2.24, 2.45) is 0 Å². The van der Waals surface area contributed by atoms with Crippen molar-refractivity contribution in [1.82, 2.24) is 4.90 Å². The zero-order chi connectivity index (χ0) is 15.3. The number of nitrogens with zero attached hydrogens (tertiary/aromatic N) is 1. The van der Waals surface area contributed by atoms with Gasteiger partial charge in [0.25, 0.3) is 0 Å². The Morgan fingerprint density at radius 2 is 2.10 bits per heavy atom. The highest BCUT2D eigenvalue weighted by Gasteiger charge is 2.25. The van der Waals surface area contributed by atoms with Gasteiger partial charge < -0.3 is 14.6 Å². The summed E-state index contributed by atoms with van der Waals surface area (Å²) >= 11 is 0. The van der Waals surface area contributed by atoms with Crippen LogP contribution in [0.3, 0.4) is 0 Å². The van der Waals surface area contributed by atoms with E-state index in [9.17, 15) is 14.7 Å². The minimum atomic E-state index is -1.19. The van der Waals surface area contributed by atoms with Crippen molar-refractivity contribution in [1.29, 1.82) is 0 Å². The summed E-state index contributed by atoms with van der Waals surface area (Å²) in [5, 5.41) is 9.24. The maximum absolute atomic E-state index is 11.9. The topological polar surface area (TPSA) is 76.1 Å². The summed E-state index contributed by atoms with van der Waals surface area (Å²) < 4.78 is 10.3. The third-order valence-corrected chi connectivity index (χ3v) is 2.53. The normalized spacial score (nSPS) is 16.0. The van der Waals surface area contributed by atoms with E-state index < -0.39 is 17.7 Å². The number of likely N-dealkylation sites (N-methyl/N-ethyl adjacent to an activating group) is 1. The molecule has 0 saturated heterocycles. The summed E-state index contributed by atoms with van der Waals surface area (Å²) in [6.45, 7) is 5.79. The molecule has 1 aliphatic heterocycles. The van der Waals surface area contributed by atoms with E-state index in [1.807, 2.05) is 0 Å². The summed E-state index contributed by atoms with van der Waals surface area (Å²) in [6, 6.07) is 0. The summed E-state index contributed by atoms with van der Waals surface area (Å²) in [4.78, 5) is 24.2. The summed E-state index contributed by atoms with van der Waals surface area (Å²) in [5.74, 6) is -1.19. The van der Waals surface area contributed by atoms with E-state index in [2.05, 4.69) is 0 Å². The van der Waals surface area contributed by atoms with Gasteiger partial charge in [0, 0.05) is 7.05 Å². The lowest BCUT2D eigenvalue weighted by Gasteiger charge is -2.25. The Labute approximate surface area is 118 Å². The summed E-state index contributed by atoms with van der Waals surface area (Å²) in [7, 11) is 1.37. The van der Waals surface area contributed by atoms with Crippen LogP contribution in [-0.4, -0.2) is 41.3 Å². The van der Waals surface area contributed by atoms with Crippen molar-refractivity contribution in [2.75, 3.05) is 13.7 Å². The SMILES string of the molecule is CN(C(=O)OC(C)(C)C)/C(=C\C1=COCCC1)C(=O)O. The second-order valence-electron chi connectivity index (χ2n) is 5.54. The molecular weight excluding hydrogens is 262 g/mol. The lowest BCUT2D eigenvalue weighted by Crippen LogP contribution is -2.35. The Morgan fingerprint density at radius 1 is 1.45 bits per heavy atom. The first-order valence-electron chi connectivity index (χ1n) is 6.43. The first-order valence-corrected chi connectivity index (χ1v) is 6.43. The maximum atomic E-state index is 11.9. The van der Waals surface area contributed by atoms with Gasteiger partial charge in [0.2, 0.25) is 0 Å². The zero-order valence-corrected chi connectivity index (χ0v) is 12.3. The highest BCUT2D eigenvalue weighted by atomic mass is 16.6. The molecule has 0 radical (unpaired) electrons. The molecule has 0 saturated carbocycles. The molecule has 0 bridgehead atoms. The molecule has 0 aromatic carbocycles. The average Bonchev–Trinajstić information content (AvgIpc) is 2.34. The van der Waals surface area contributed by atoms with Crippen LogP contribution in [0.15, 0.2) is 23.6 Å². The van der Waals surface area contributed by atoms with Gasteiger partial charge in [-0.2, -0.15) is 0 Å². The molecular formula is C14H21NO5. The molecule has 0 aromatic rings. The molecule has 1 aliphatic rings. The van der Waals surface area contributed by atoms with Crippen molar-refractivity contribution in [3.8, 4) is 0 Å². The molecule has 112 valence electrons. The van der Waals surface area contributed by atoms with Gasteiger partial charge >= 0.3 is 12.1 Å². The van der Waals surface area contributed by atoms with Gasteiger partial charge in [0.05, 0.1) is 12.9 Å². The average molecular weight is 283 g/mol. The van der Waals surface area contributed by atoms with Crippen molar-refractivity contribution in [3.05, 3.63) is 23.6 Å². The van der Waals surface area contributed by atoms with Crippen LogP contribution in [0.5, 0.6) is 0 Å². The number of amides is 1. The first kappa shape index (κ1) is 16.1. The largest absolute Gasteiger partial charge is 0.501 e. The molecule has 0 aromatic heterocycles. The number of hydrogen-bond acceptors (Lipinski definition) is 4. The molecule has 0 spiro atoms. The van der Waals surface area contributed by atoms with E-state index in [-0.39, 0.29) is 5.70 Å². The summed E-state index contributed by atoms with van der Waals surface area (Å²) in [5.41, 5.74) is -0.0811. The molecule has 20 heavy (non-hydrogen) atoms. The number of carboxylic acids is 1. The fraction of sp³-hybridized carbons (Fsp3) is 0.571. The van der Waals surface area contributed by atoms with E-state index in [0.717, 1.165) is 23.3 Å². The van der Waals surface area contributed by atoms with Crippen LogP contribution in [0.1, 0.15) is 33.6 Å². The van der Waals surface area contributed by atoms with Crippen LogP contribution in [0, 0.1) is 0 Å². The predicted octanol–water partition coefficient (Wildman–Crippen LogP) is 2.52. The van der Waals surface area contributed by atoms with Gasteiger partial charge in [-0.3, -0.25) is 4.90 Å². The van der Waals surface area contributed by atoms with Crippen molar-refractivity contribution in [2.45, 2.75) is 39.2 Å². The highest BCUT2D eigenvalue weighted by Crippen LogP contribution is 2.18. The fourth-order valence-corrected chi connectivity index (χ4v) is 1.60. The van der Waals surface area contributed by atoms with E-state index >= 15 is 0 Å². The molecule has 6 heteroatoms. The lowest BCUT2D eigenvalue weighted by atomic mass is 10.1. The number of rotatable bonds is 3. The van der Waals surface area contributed by atoms with Gasteiger partial charge in [-0.1, -0.05) is 0 Å². The molecule has 1 N–H and O–H groups in total. The number of aliphatic carboxylic acids is 1. The fourth-order valence-electron chi connectivity index (χ4n) is 1.60. The zero-order valence-electron chi connectivity index (χ0n) is 12.3. The second kappa shape index (κ2) is 6.45. The second-order valence-corrected chi connectivity index (χ2v) is 5.54. The van der Waals surface area contributed by atoms with Crippen molar-refractivity contribution in [3.63, 3.8) is 0 Å². The Bertz CT molecular complexity index is 445. The van der Waals surface area contributed by atoms with Crippen LogP contribution in [0.2, 0.25) is 0 Å². The number of allylic oxidation sites excluding steroid dienone is 2. The molecule has 1 amide bonds. The molecule has 0 fully saturated rings. The molecule has 1 heterocycles. The minimum Gasteiger partial charge on any atom is -0.501 e. The van der Waals surface area contributed by atoms with Crippen LogP contribution in [0.25, 0.3) is 0 Å². The van der Waals surface area contributed by atoms with Crippen molar-refractivity contribution < 1.29 is 24.2 Å². The predicted molar refractivity (Wildman–Crippen MR) is 73.0 cm³/mol. The monoisotopic (exact) mass is 283 g/mol. The molecule has 0 aliphatic carbocycles. The smallest absolute Gasteiger partial charge is 0.414 e. The van der Waals surface area contributed by atoms with E-state index in [1.165, 1.54) is 19.4 Å². The summed E-state index contributed by atoms with van der Waals surface area (Å²) in [6.07, 6.45) is 3.80. The van der Waals surface area contributed by atoms with Crippen LogP contribution >= 0.6 is 0 Å². The molecule has 6 nitrogen and oxygen atoms in total. The van der Waals surface area contributed by atoms with Gasteiger partial charge in [-0.25, -0.2) is 9.59 Å². The van der Waals surface area contributed by atoms with Gasteiger partial charge in [-0.05, 0) is 45.3 Å². The third kappa shape index (κ3) is 4.95. The molecule has 0 atom stereocenters. The Kier molecular flexibility index (Phi) is 5.19. The number of carbonyl (C=O) groups excluding carboxylic acids is 1. The van der Waals surface area contributed by atoms with Crippen molar-refractivity contribution >= 4 is 12.1 Å². The third-order valence-electron chi connectivity index (χ3n) is 2.53.